The molecule has 0 N–H and O–H groups in total. The Morgan fingerprint density at radius 3 is 1.74 bits per heavy atom. The van der Waals surface area contributed by atoms with Crippen molar-refractivity contribution in [3.05, 3.63) is 168 Å². The second-order valence-corrected chi connectivity index (χ2v) is 12.3. The van der Waals surface area contributed by atoms with Crippen LogP contribution in [0.25, 0.3) is 77.2 Å². The zero-order chi connectivity index (χ0) is 33.8. The van der Waals surface area contributed by atoms with E-state index in [1.54, 1.807) is 0 Å². The first kappa shape index (κ1) is 28.8. The summed E-state index contributed by atoms with van der Waals surface area (Å²) in [5.41, 5.74) is 11.6. The molecule has 7 aromatic carbocycles. The van der Waals surface area contributed by atoms with Gasteiger partial charge in [-0.2, -0.15) is 15.8 Å². The molecule has 0 aliphatic rings. The Morgan fingerprint density at radius 2 is 1.02 bits per heavy atom. The van der Waals surface area contributed by atoms with Crippen LogP contribution >= 0.6 is 0 Å². The molecule has 0 saturated carbocycles. The Morgan fingerprint density at radius 1 is 0.400 bits per heavy atom. The molecule has 0 aliphatic heterocycles. The number of nitriles is 3. The van der Waals surface area contributed by atoms with Crippen LogP contribution < -0.4 is 0 Å². The summed E-state index contributed by atoms with van der Waals surface area (Å²) in [7, 11) is 0. The van der Waals surface area contributed by atoms with Crippen LogP contribution in [0.4, 0.5) is 0 Å². The van der Waals surface area contributed by atoms with E-state index in [9.17, 15) is 15.8 Å². The molecule has 230 valence electrons. The minimum Gasteiger partial charge on any atom is -0.309 e. The van der Waals surface area contributed by atoms with Gasteiger partial charge in [0.25, 0.3) is 0 Å². The maximum Gasteiger partial charge on any atom is 0.101 e. The van der Waals surface area contributed by atoms with Crippen LogP contribution in [-0.2, 0) is 0 Å². The number of nitrogens with zero attached hydrogens (tertiary/aromatic N) is 5. The van der Waals surface area contributed by atoms with E-state index in [0.29, 0.717) is 16.7 Å². The topological polar surface area (TPSA) is 81.2 Å². The molecule has 5 heteroatoms. The molecule has 0 saturated heterocycles. The summed E-state index contributed by atoms with van der Waals surface area (Å²) in [6.45, 7) is 0. The first-order chi connectivity index (χ1) is 24.7. The van der Waals surface area contributed by atoms with Crippen LogP contribution in [0.5, 0.6) is 0 Å². The van der Waals surface area contributed by atoms with Crippen molar-refractivity contribution in [2.24, 2.45) is 0 Å². The molecular weight excluding hydrogens is 611 g/mol. The fourth-order valence-corrected chi connectivity index (χ4v) is 7.45. The maximum atomic E-state index is 10.3. The predicted octanol–water partition coefficient (Wildman–Crippen LogP) is 10.8. The Kier molecular flexibility index (Phi) is 6.56. The smallest absolute Gasteiger partial charge is 0.101 e. The van der Waals surface area contributed by atoms with Gasteiger partial charge in [-0.15, -0.1) is 0 Å². The van der Waals surface area contributed by atoms with Gasteiger partial charge < -0.3 is 9.13 Å². The highest BCUT2D eigenvalue weighted by molar-refractivity contribution is 6.12. The third-order valence-corrected chi connectivity index (χ3v) is 9.63. The van der Waals surface area contributed by atoms with Crippen LogP contribution in [0.2, 0.25) is 0 Å². The first-order valence-corrected chi connectivity index (χ1v) is 16.3. The summed E-state index contributed by atoms with van der Waals surface area (Å²) in [6, 6.07) is 57.9. The minimum absolute atomic E-state index is 0.555. The summed E-state index contributed by atoms with van der Waals surface area (Å²) >= 11 is 0. The van der Waals surface area contributed by atoms with E-state index in [2.05, 4.69) is 112 Å². The monoisotopic (exact) mass is 635 g/mol. The van der Waals surface area contributed by atoms with E-state index in [4.69, 9.17) is 0 Å². The van der Waals surface area contributed by atoms with Crippen molar-refractivity contribution in [2.45, 2.75) is 0 Å². The molecule has 9 rings (SSSR count). The molecule has 0 aliphatic carbocycles. The van der Waals surface area contributed by atoms with E-state index in [1.807, 2.05) is 66.7 Å². The molecule has 0 unspecified atom stereocenters. The summed E-state index contributed by atoms with van der Waals surface area (Å²) in [5.74, 6) is 0. The lowest BCUT2D eigenvalue weighted by molar-refractivity contribution is 1.17. The third kappa shape index (κ3) is 4.31. The van der Waals surface area contributed by atoms with Gasteiger partial charge >= 0.3 is 0 Å². The van der Waals surface area contributed by atoms with Crippen molar-refractivity contribution in [1.29, 1.82) is 15.8 Å². The van der Waals surface area contributed by atoms with Crippen molar-refractivity contribution >= 4 is 43.6 Å². The largest absolute Gasteiger partial charge is 0.309 e. The van der Waals surface area contributed by atoms with Gasteiger partial charge in [0.15, 0.2) is 0 Å². The van der Waals surface area contributed by atoms with Crippen molar-refractivity contribution in [1.82, 2.24) is 9.13 Å². The molecule has 0 radical (unpaired) electrons. The molecule has 5 nitrogen and oxygen atoms in total. The van der Waals surface area contributed by atoms with Crippen LogP contribution in [-0.4, -0.2) is 9.13 Å². The van der Waals surface area contributed by atoms with Gasteiger partial charge in [-0.1, -0.05) is 91.0 Å². The van der Waals surface area contributed by atoms with E-state index in [-0.39, 0.29) is 0 Å². The van der Waals surface area contributed by atoms with Crippen molar-refractivity contribution in [2.75, 3.05) is 0 Å². The van der Waals surface area contributed by atoms with Crippen LogP contribution in [0.1, 0.15) is 16.7 Å². The van der Waals surface area contributed by atoms with Crippen LogP contribution in [0.3, 0.4) is 0 Å². The van der Waals surface area contributed by atoms with Gasteiger partial charge in [0, 0.05) is 32.8 Å². The lowest BCUT2D eigenvalue weighted by atomic mass is 9.97. The average Bonchev–Trinajstić information content (AvgIpc) is 3.70. The zero-order valence-corrected chi connectivity index (χ0v) is 26.7. The Hall–Kier alpha value is -7.39. The number of hydrogen-bond donors (Lipinski definition) is 0. The molecule has 2 aromatic heterocycles. The van der Waals surface area contributed by atoms with Crippen molar-refractivity contribution in [3.8, 4) is 51.8 Å². The Bertz CT molecular complexity index is 2900. The molecular formula is C45H25N5. The molecule has 9 aromatic rings. The quantitative estimate of drug-likeness (QED) is 0.193. The highest BCUT2D eigenvalue weighted by Gasteiger charge is 2.19. The SMILES string of the molecule is N#Cc1ccc2c(c1)c1c(C#N)cccc1n2-c1cccc(-c2ccc(-c3cccc(C#N)c3-n3c4ccccc4c4ccccc43)cc2)c1. The summed E-state index contributed by atoms with van der Waals surface area (Å²) in [4.78, 5) is 0. The number of aromatic nitrogens is 2. The van der Waals surface area contributed by atoms with Gasteiger partial charge in [-0.05, 0) is 77.4 Å². The number of fused-ring (bicyclic) bond motifs is 6. The molecule has 2 heterocycles. The predicted molar refractivity (Wildman–Crippen MR) is 200 cm³/mol. The van der Waals surface area contributed by atoms with Crippen LogP contribution in [0.15, 0.2) is 152 Å². The summed E-state index contributed by atoms with van der Waals surface area (Å²) < 4.78 is 4.38. The van der Waals surface area contributed by atoms with Crippen molar-refractivity contribution < 1.29 is 0 Å². The fourth-order valence-electron chi connectivity index (χ4n) is 7.45. The van der Waals surface area contributed by atoms with Gasteiger partial charge in [-0.25, -0.2) is 0 Å². The molecule has 0 atom stereocenters. The third-order valence-electron chi connectivity index (χ3n) is 9.63. The maximum absolute atomic E-state index is 10.3. The fraction of sp³-hybridized carbons (Fsp3) is 0. The minimum atomic E-state index is 0.555. The molecule has 0 amide bonds. The molecule has 50 heavy (non-hydrogen) atoms. The van der Waals surface area contributed by atoms with Crippen molar-refractivity contribution in [3.63, 3.8) is 0 Å². The Labute approximate surface area is 287 Å². The number of para-hydroxylation sites is 3. The standard InChI is InChI=1S/C45H25N5/c46-26-29-18-23-42-39(24-29)44-33(27-47)9-7-17-43(44)49(42)35-11-5-8-32(25-35)30-19-21-31(22-20-30)36-14-6-10-34(28-48)45(36)50-40-15-3-1-12-37(40)38-13-2-4-16-41(38)50/h1-25H. The normalized spacial score (nSPS) is 11.1. The van der Waals surface area contributed by atoms with E-state index < -0.39 is 0 Å². The van der Waals surface area contributed by atoms with E-state index >= 15 is 0 Å². The lowest BCUT2D eigenvalue weighted by Crippen LogP contribution is -2.00. The Balaban J connectivity index is 1.18. The lowest BCUT2D eigenvalue weighted by Gasteiger charge is -2.16. The van der Waals surface area contributed by atoms with E-state index in [1.165, 1.54) is 0 Å². The summed E-state index contributed by atoms with van der Waals surface area (Å²) in [5, 5.41) is 33.9. The average molecular weight is 636 g/mol. The number of rotatable bonds is 4. The van der Waals surface area contributed by atoms with Gasteiger partial charge in [0.05, 0.1) is 56.6 Å². The van der Waals surface area contributed by atoms with Gasteiger partial charge in [0.1, 0.15) is 6.07 Å². The van der Waals surface area contributed by atoms with Crippen LogP contribution in [0, 0.1) is 34.0 Å². The highest BCUT2D eigenvalue weighted by Crippen LogP contribution is 2.39. The highest BCUT2D eigenvalue weighted by atomic mass is 15.0. The van der Waals surface area contributed by atoms with Gasteiger partial charge in [0.2, 0.25) is 0 Å². The molecule has 0 fully saturated rings. The second kappa shape index (κ2) is 11.4. The first-order valence-electron chi connectivity index (χ1n) is 16.3. The number of hydrogen-bond acceptors (Lipinski definition) is 3. The number of benzene rings is 7. The van der Waals surface area contributed by atoms with Gasteiger partial charge in [-0.3, -0.25) is 0 Å². The van der Waals surface area contributed by atoms with E-state index in [0.717, 1.165) is 77.2 Å². The molecule has 0 spiro atoms. The molecule has 0 bridgehead atoms. The zero-order valence-electron chi connectivity index (χ0n) is 26.7. The summed E-state index contributed by atoms with van der Waals surface area (Å²) in [6.07, 6.45) is 0. The second-order valence-electron chi connectivity index (χ2n) is 12.3.